The van der Waals surface area contributed by atoms with Gasteiger partial charge in [-0.3, -0.25) is 9.62 Å². The van der Waals surface area contributed by atoms with E-state index in [4.69, 9.17) is 9.47 Å². The molecule has 0 saturated heterocycles. The van der Waals surface area contributed by atoms with Gasteiger partial charge < -0.3 is 9.47 Å². The zero-order valence-electron chi connectivity index (χ0n) is 18.4. The van der Waals surface area contributed by atoms with Gasteiger partial charge >= 0.3 is 6.03 Å². The van der Waals surface area contributed by atoms with E-state index in [0.29, 0.717) is 28.3 Å². The van der Waals surface area contributed by atoms with E-state index >= 15 is 0 Å². The summed E-state index contributed by atoms with van der Waals surface area (Å²) in [5.74, 6) is 0.117. The highest BCUT2D eigenvalue weighted by Crippen LogP contribution is 2.36. The zero-order chi connectivity index (χ0) is 23.6. The highest BCUT2D eigenvalue weighted by molar-refractivity contribution is 7.92. The zero-order valence-corrected chi connectivity index (χ0v) is 19.2. The molecule has 11 heteroatoms. The predicted molar refractivity (Wildman–Crippen MR) is 121 cm³/mol. The van der Waals surface area contributed by atoms with Gasteiger partial charge in [0.05, 0.1) is 32.7 Å². The fraction of sp³-hybridized carbons (Fsp3) is 0.333. The molecular formula is C21H25FN4O5S. The number of anilines is 2. The summed E-state index contributed by atoms with van der Waals surface area (Å²) < 4.78 is 50.4. The molecular weight excluding hydrogens is 439 g/mol. The summed E-state index contributed by atoms with van der Waals surface area (Å²) in [4.78, 5) is 14.5. The number of carbonyl (C=O) groups excluding carboxylic acids is 1. The minimum Gasteiger partial charge on any atom is -0.493 e. The van der Waals surface area contributed by atoms with Gasteiger partial charge in [0.25, 0.3) is 0 Å². The van der Waals surface area contributed by atoms with Crippen molar-refractivity contribution in [3.63, 3.8) is 0 Å². The van der Waals surface area contributed by atoms with Crippen molar-refractivity contribution < 1.29 is 27.1 Å². The first-order valence-corrected chi connectivity index (χ1v) is 11.6. The Bertz CT molecular complexity index is 1150. The van der Waals surface area contributed by atoms with Gasteiger partial charge in [-0.15, -0.1) is 0 Å². The summed E-state index contributed by atoms with van der Waals surface area (Å²) >= 11 is 0. The number of halogens is 1. The number of rotatable bonds is 5. The number of nitrogens with zero attached hydrogens (tertiary/aromatic N) is 3. The molecule has 1 unspecified atom stereocenters. The Labute approximate surface area is 186 Å². The number of amides is 2. The van der Waals surface area contributed by atoms with E-state index in [1.807, 2.05) is 0 Å². The number of fused-ring (bicyclic) bond motifs is 1. The minimum absolute atomic E-state index is 0.221. The van der Waals surface area contributed by atoms with Crippen molar-refractivity contribution in [1.82, 2.24) is 5.01 Å². The number of methoxy groups -OCH3 is 2. The van der Waals surface area contributed by atoms with Gasteiger partial charge in [0, 0.05) is 35.6 Å². The Morgan fingerprint density at radius 3 is 2.47 bits per heavy atom. The molecule has 0 fully saturated rings. The van der Waals surface area contributed by atoms with Gasteiger partial charge in [0.1, 0.15) is 5.82 Å². The fourth-order valence-corrected chi connectivity index (χ4v) is 4.02. The van der Waals surface area contributed by atoms with E-state index in [1.54, 1.807) is 38.2 Å². The topological polar surface area (TPSA) is 101 Å². The maximum absolute atomic E-state index is 14.7. The van der Waals surface area contributed by atoms with Crippen molar-refractivity contribution in [2.24, 2.45) is 5.10 Å². The average molecular weight is 465 g/mol. The maximum atomic E-state index is 14.7. The normalized spacial score (nSPS) is 15.6. The summed E-state index contributed by atoms with van der Waals surface area (Å²) in [5.41, 5.74) is 1.72. The number of benzene rings is 2. The number of hydrogen-bond acceptors (Lipinski definition) is 6. The third-order valence-electron chi connectivity index (χ3n) is 5.03. The lowest BCUT2D eigenvalue weighted by molar-refractivity contribution is 0.190. The van der Waals surface area contributed by atoms with Crippen LogP contribution >= 0.6 is 0 Å². The Balaban J connectivity index is 1.88. The van der Waals surface area contributed by atoms with Crippen LogP contribution in [0.4, 0.5) is 20.6 Å². The van der Waals surface area contributed by atoms with Crippen LogP contribution in [0.3, 0.4) is 0 Å². The molecule has 32 heavy (non-hydrogen) atoms. The van der Waals surface area contributed by atoms with E-state index in [9.17, 15) is 17.6 Å². The second kappa shape index (κ2) is 9.03. The number of ether oxygens (including phenoxy) is 2. The van der Waals surface area contributed by atoms with Gasteiger partial charge in [0.2, 0.25) is 10.0 Å². The minimum atomic E-state index is -3.40. The monoisotopic (exact) mass is 464 g/mol. The van der Waals surface area contributed by atoms with Crippen molar-refractivity contribution >= 4 is 33.6 Å². The molecule has 3 rings (SSSR count). The standard InChI is InChI=1S/C21H25FN4O5S/c1-13-10-16-17(20(31-4)19(30-3)11-18(16)22)12-23-26(13)21(27)25(2)15-8-6-14(7-9-15)24-32(5,28)29/h6-9,11-13,24H,10H2,1-5H3. The quantitative estimate of drug-likeness (QED) is 0.733. The molecule has 0 saturated carbocycles. The lowest BCUT2D eigenvalue weighted by atomic mass is 9.99. The molecule has 2 aromatic carbocycles. The lowest BCUT2D eigenvalue weighted by Gasteiger charge is -2.28. The molecule has 0 aliphatic carbocycles. The molecule has 0 bridgehead atoms. The Morgan fingerprint density at radius 2 is 1.91 bits per heavy atom. The van der Waals surface area contributed by atoms with E-state index in [0.717, 1.165) is 6.26 Å². The molecule has 2 aromatic rings. The van der Waals surface area contributed by atoms with Crippen LogP contribution in [0.2, 0.25) is 0 Å². The molecule has 1 aliphatic rings. The first kappa shape index (κ1) is 23.3. The number of hydrogen-bond donors (Lipinski definition) is 1. The Kier molecular flexibility index (Phi) is 6.58. The smallest absolute Gasteiger partial charge is 0.344 e. The van der Waals surface area contributed by atoms with Crippen molar-refractivity contribution in [2.45, 2.75) is 19.4 Å². The summed E-state index contributed by atoms with van der Waals surface area (Å²) in [6.45, 7) is 1.77. The highest BCUT2D eigenvalue weighted by Gasteiger charge is 2.30. The third kappa shape index (κ3) is 4.77. The number of sulfonamides is 1. The molecule has 9 nitrogen and oxygen atoms in total. The molecule has 172 valence electrons. The van der Waals surface area contributed by atoms with Crippen molar-refractivity contribution in [3.05, 3.63) is 47.3 Å². The summed E-state index contributed by atoms with van der Waals surface area (Å²) in [6.07, 6.45) is 2.67. The summed E-state index contributed by atoms with van der Waals surface area (Å²) in [6, 6.07) is 6.71. The van der Waals surface area contributed by atoms with Crippen LogP contribution in [0.25, 0.3) is 0 Å². The Morgan fingerprint density at radius 1 is 1.25 bits per heavy atom. The van der Waals surface area contributed by atoms with Crippen molar-refractivity contribution in [1.29, 1.82) is 0 Å². The van der Waals surface area contributed by atoms with E-state index in [1.165, 1.54) is 36.4 Å². The number of hydrazone groups is 1. The van der Waals surface area contributed by atoms with Crippen LogP contribution in [-0.4, -0.2) is 59.2 Å². The molecule has 1 aliphatic heterocycles. The first-order chi connectivity index (χ1) is 15.1. The van der Waals surface area contributed by atoms with Gasteiger partial charge in [-0.1, -0.05) is 0 Å². The van der Waals surface area contributed by atoms with E-state index in [-0.39, 0.29) is 12.2 Å². The average Bonchev–Trinajstić information content (AvgIpc) is 2.91. The van der Waals surface area contributed by atoms with Crippen LogP contribution < -0.4 is 19.1 Å². The van der Waals surface area contributed by atoms with E-state index < -0.39 is 27.9 Å². The lowest BCUT2D eigenvalue weighted by Crippen LogP contribution is -2.43. The van der Waals surface area contributed by atoms with Gasteiger partial charge in [-0.05, 0) is 37.6 Å². The SMILES string of the molecule is COc1cc(F)c2c(c1OC)C=NN(C(=O)N(C)c1ccc(NS(C)(=O)=O)cc1)C(C)C2. The van der Waals surface area contributed by atoms with Gasteiger partial charge in [-0.25, -0.2) is 22.6 Å². The summed E-state index contributed by atoms with van der Waals surface area (Å²) in [5, 5.41) is 5.58. The highest BCUT2D eigenvalue weighted by atomic mass is 32.2. The van der Waals surface area contributed by atoms with Crippen LogP contribution in [0.5, 0.6) is 11.5 Å². The van der Waals surface area contributed by atoms with Crippen LogP contribution in [0.1, 0.15) is 18.1 Å². The number of nitrogens with one attached hydrogen (secondary N) is 1. The molecule has 0 spiro atoms. The third-order valence-corrected chi connectivity index (χ3v) is 5.64. The van der Waals surface area contributed by atoms with E-state index in [2.05, 4.69) is 9.82 Å². The van der Waals surface area contributed by atoms with Crippen LogP contribution in [0.15, 0.2) is 35.4 Å². The number of urea groups is 1. The molecule has 0 aromatic heterocycles. The van der Waals surface area contributed by atoms with Crippen molar-refractivity contribution in [2.75, 3.05) is 37.1 Å². The molecule has 1 heterocycles. The molecule has 2 amide bonds. The summed E-state index contributed by atoms with van der Waals surface area (Å²) in [7, 11) is 1.05. The van der Waals surface area contributed by atoms with Crippen LogP contribution in [-0.2, 0) is 16.4 Å². The molecule has 0 radical (unpaired) electrons. The largest absolute Gasteiger partial charge is 0.493 e. The van der Waals surface area contributed by atoms with Crippen LogP contribution in [0, 0.1) is 5.82 Å². The fourth-order valence-electron chi connectivity index (χ4n) is 3.46. The molecule has 1 N–H and O–H groups in total. The second-order valence-electron chi connectivity index (χ2n) is 7.39. The maximum Gasteiger partial charge on any atom is 0.344 e. The van der Waals surface area contributed by atoms with Gasteiger partial charge in [-0.2, -0.15) is 5.10 Å². The number of carbonyl (C=O) groups is 1. The van der Waals surface area contributed by atoms with Crippen molar-refractivity contribution in [3.8, 4) is 11.5 Å². The predicted octanol–water partition coefficient (Wildman–Crippen LogP) is 3.05. The Hall–Kier alpha value is -3.34. The second-order valence-corrected chi connectivity index (χ2v) is 9.14. The molecule has 1 atom stereocenters. The first-order valence-electron chi connectivity index (χ1n) is 9.67. The van der Waals surface area contributed by atoms with Gasteiger partial charge in [0.15, 0.2) is 11.5 Å².